The summed E-state index contributed by atoms with van der Waals surface area (Å²) in [5.41, 5.74) is 3.27. The molecule has 3 nitrogen and oxygen atoms in total. The largest absolute Gasteiger partial charge is 0.332 e. The first kappa shape index (κ1) is 15.0. The zero-order valence-electron chi connectivity index (χ0n) is 12.2. The highest BCUT2D eigenvalue weighted by atomic mass is 32.1. The Morgan fingerprint density at radius 1 is 1.20 bits per heavy atom. The minimum absolute atomic E-state index is 0.0266. The molecule has 4 heteroatoms. The Kier molecular flexibility index (Phi) is 5.12. The number of anilines is 1. The van der Waals surface area contributed by atoms with Crippen molar-refractivity contribution in [2.24, 2.45) is 5.92 Å². The molecule has 0 aromatic heterocycles. The molecule has 1 amide bonds. The molecule has 0 heterocycles. The van der Waals surface area contributed by atoms with Gasteiger partial charge in [-0.05, 0) is 68.1 Å². The Labute approximate surface area is 126 Å². The Morgan fingerprint density at radius 3 is 2.40 bits per heavy atom. The SMILES string of the molecule is Cc1cc(C)cc(NC(=S)NC(=O)CC2CCCC2)c1. The lowest BCUT2D eigenvalue weighted by molar-refractivity contribution is -0.120. The van der Waals surface area contributed by atoms with Crippen molar-refractivity contribution in [1.82, 2.24) is 5.32 Å². The van der Waals surface area contributed by atoms with Crippen LogP contribution in [0.2, 0.25) is 0 Å². The second-order valence-electron chi connectivity index (χ2n) is 5.73. The molecule has 1 aromatic carbocycles. The molecule has 1 fully saturated rings. The number of carbonyl (C=O) groups is 1. The van der Waals surface area contributed by atoms with Gasteiger partial charge in [-0.2, -0.15) is 0 Å². The summed E-state index contributed by atoms with van der Waals surface area (Å²) in [4.78, 5) is 11.9. The molecule has 0 spiro atoms. The number of nitrogens with one attached hydrogen (secondary N) is 2. The summed E-state index contributed by atoms with van der Waals surface area (Å²) in [7, 11) is 0. The van der Waals surface area contributed by atoms with E-state index >= 15 is 0 Å². The maximum atomic E-state index is 11.9. The first-order valence-electron chi connectivity index (χ1n) is 7.22. The molecule has 20 heavy (non-hydrogen) atoms. The molecule has 1 saturated carbocycles. The van der Waals surface area contributed by atoms with Crippen LogP contribution in [0, 0.1) is 19.8 Å². The van der Waals surface area contributed by atoms with Gasteiger partial charge in [0.2, 0.25) is 5.91 Å². The highest BCUT2D eigenvalue weighted by Gasteiger charge is 2.18. The normalized spacial score (nSPS) is 15.1. The Bertz CT molecular complexity index is 487. The molecule has 2 rings (SSSR count). The van der Waals surface area contributed by atoms with Crippen LogP contribution in [0.4, 0.5) is 5.69 Å². The first-order valence-corrected chi connectivity index (χ1v) is 7.63. The summed E-state index contributed by atoms with van der Waals surface area (Å²) < 4.78 is 0. The Balaban J connectivity index is 1.83. The van der Waals surface area contributed by atoms with Gasteiger partial charge in [-0.3, -0.25) is 4.79 Å². The molecule has 0 unspecified atom stereocenters. The third kappa shape index (κ3) is 4.60. The van der Waals surface area contributed by atoms with Crippen molar-refractivity contribution in [2.75, 3.05) is 5.32 Å². The van der Waals surface area contributed by atoms with E-state index in [2.05, 4.69) is 16.7 Å². The van der Waals surface area contributed by atoms with Crippen LogP contribution in [0.25, 0.3) is 0 Å². The van der Waals surface area contributed by atoms with Crippen molar-refractivity contribution in [1.29, 1.82) is 0 Å². The van der Waals surface area contributed by atoms with Gasteiger partial charge in [0.25, 0.3) is 0 Å². The molecule has 2 N–H and O–H groups in total. The van der Waals surface area contributed by atoms with E-state index < -0.39 is 0 Å². The molecule has 0 aliphatic heterocycles. The maximum absolute atomic E-state index is 11.9. The van der Waals surface area contributed by atoms with E-state index in [0.29, 0.717) is 17.5 Å². The van der Waals surface area contributed by atoms with Crippen LogP contribution in [0.3, 0.4) is 0 Å². The fourth-order valence-electron chi connectivity index (χ4n) is 2.86. The quantitative estimate of drug-likeness (QED) is 0.834. The number of aryl methyl sites for hydroxylation is 2. The number of hydrogen-bond acceptors (Lipinski definition) is 2. The van der Waals surface area contributed by atoms with Crippen LogP contribution in [0.1, 0.15) is 43.2 Å². The van der Waals surface area contributed by atoms with Crippen molar-refractivity contribution in [2.45, 2.75) is 46.0 Å². The molecule has 0 saturated heterocycles. The zero-order valence-corrected chi connectivity index (χ0v) is 13.0. The van der Waals surface area contributed by atoms with E-state index in [1.165, 1.54) is 36.8 Å². The topological polar surface area (TPSA) is 41.1 Å². The maximum Gasteiger partial charge on any atom is 0.226 e. The lowest BCUT2D eigenvalue weighted by Gasteiger charge is -2.12. The van der Waals surface area contributed by atoms with Gasteiger partial charge in [0.1, 0.15) is 0 Å². The molecular formula is C16H22N2OS. The van der Waals surface area contributed by atoms with Gasteiger partial charge < -0.3 is 10.6 Å². The van der Waals surface area contributed by atoms with E-state index in [1.807, 2.05) is 26.0 Å². The molecule has 0 radical (unpaired) electrons. The van der Waals surface area contributed by atoms with Crippen LogP contribution in [-0.2, 0) is 4.79 Å². The summed E-state index contributed by atoms with van der Waals surface area (Å²) in [6.07, 6.45) is 5.44. The van der Waals surface area contributed by atoms with Gasteiger partial charge in [-0.15, -0.1) is 0 Å². The molecule has 1 aliphatic rings. The number of amides is 1. The first-order chi connectivity index (χ1) is 9.52. The fourth-order valence-corrected chi connectivity index (χ4v) is 3.10. The fraction of sp³-hybridized carbons (Fsp3) is 0.500. The van der Waals surface area contributed by atoms with E-state index in [1.54, 1.807) is 0 Å². The van der Waals surface area contributed by atoms with Gasteiger partial charge in [0.15, 0.2) is 5.11 Å². The highest BCUT2D eigenvalue weighted by Crippen LogP contribution is 2.27. The zero-order chi connectivity index (χ0) is 14.5. The van der Waals surface area contributed by atoms with Gasteiger partial charge >= 0.3 is 0 Å². The average Bonchev–Trinajstić information content (AvgIpc) is 2.79. The van der Waals surface area contributed by atoms with E-state index in [4.69, 9.17) is 12.2 Å². The highest BCUT2D eigenvalue weighted by molar-refractivity contribution is 7.80. The summed E-state index contributed by atoms with van der Waals surface area (Å²) >= 11 is 5.20. The van der Waals surface area contributed by atoms with Crippen molar-refractivity contribution in [3.63, 3.8) is 0 Å². The van der Waals surface area contributed by atoms with Crippen LogP contribution in [-0.4, -0.2) is 11.0 Å². The monoisotopic (exact) mass is 290 g/mol. The average molecular weight is 290 g/mol. The third-order valence-corrected chi connectivity index (χ3v) is 3.89. The summed E-state index contributed by atoms with van der Waals surface area (Å²) in [5, 5.41) is 6.24. The van der Waals surface area contributed by atoms with E-state index in [0.717, 1.165) is 5.69 Å². The summed E-state index contributed by atoms with van der Waals surface area (Å²) in [5.74, 6) is 0.567. The predicted molar refractivity (Wildman–Crippen MR) is 86.9 cm³/mol. The number of carbonyl (C=O) groups excluding carboxylic acids is 1. The molecule has 0 atom stereocenters. The number of benzene rings is 1. The van der Waals surface area contributed by atoms with Gasteiger partial charge in [0, 0.05) is 12.1 Å². The van der Waals surface area contributed by atoms with Crippen LogP contribution in [0.15, 0.2) is 18.2 Å². The standard InChI is InChI=1S/C16H22N2OS/c1-11-7-12(2)9-14(8-11)17-16(20)18-15(19)10-13-5-3-4-6-13/h7-9,13H,3-6,10H2,1-2H3,(H2,17,18,19,20). The van der Waals surface area contributed by atoms with Crippen molar-refractivity contribution >= 4 is 28.9 Å². The van der Waals surface area contributed by atoms with Crippen molar-refractivity contribution < 1.29 is 4.79 Å². The minimum Gasteiger partial charge on any atom is -0.332 e. The number of hydrogen-bond donors (Lipinski definition) is 2. The Morgan fingerprint density at radius 2 is 1.80 bits per heavy atom. The second kappa shape index (κ2) is 6.84. The minimum atomic E-state index is 0.0266. The summed E-state index contributed by atoms with van der Waals surface area (Å²) in [6, 6.07) is 6.14. The van der Waals surface area contributed by atoms with Crippen molar-refractivity contribution in [3.8, 4) is 0 Å². The molecule has 1 aliphatic carbocycles. The van der Waals surface area contributed by atoms with Crippen molar-refractivity contribution in [3.05, 3.63) is 29.3 Å². The lowest BCUT2D eigenvalue weighted by Crippen LogP contribution is -2.34. The number of thiocarbonyl (C=S) groups is 1. The van der Waals surface area contributed by atoms with Gasteiger partial charge in [0.05, 0.1) is 0 Å². The molecular weight excluding hydrogens is 268 g/mol. The van der Waals surface area contributed by atoms with Crippen LogP contribution < -0.4 is 10.6 Å². The van der Waals surface area contributed by atoms with E-state index in [-0.39, 0.29) is 5.91 Å². The van der Waals surface area contributed by atoms with Crippen LogP contribution >= 0.6 is 12.2 Å². The Hall–Kier alpha value is -1.42. The van der Waals surface area contributed by atoms with Gasteiger partial charge in [-0.1, -0.05) is 18.9 Å². The number of rotatable bonds is 3. The second-order valence-corrected chi connectivity index (χ2v) is 6.14. The molecule has 1 aromatic rings. The molecule has 0 bridgehead atoms. The predicted octanol–water partition coefficient (Wildman–Crippen LogP) is 3.70. The smallest absolute Gasteiger partial charge is 0.226 e. The van der Waals surface area contributed by atoms with Gasteiger partial charge in [-0.25, -0.2) is 0 Å². The van der Waals surface area contributed by atoms with E-state index in [9.17, 15) is 4.79 Å². The third-order valence-electron chi connectivity index (χ3n) is 3.68. The van der Waals surface area contributed by atoms with Crippen LogP contribution in [0.5, 0.6) is 0 Å². The summed E-state index contributed by atoms with van der Waals surface area (Å²) in [6.45, 7) is 4.08. The molecule has 108 valence electrons. The lowest BCUT2D eigenvalue weighted by atomic mass is 10.0.